The topological polar surface area (TPSA) is 91.1 Å². The van der Waals surface area contributed by atoms with E-state index in [2.05, 4.69) is 36.8 Å². The summed E-state index contributed by atoms with van der Waals surface area (Å²) in [6, 6.07) is 4.04. The summed E-state index contributed by atoms with van der Waals surface area (Å²) in [7, 11) is 1.76. The molecule has 0 radical (unpaired) electrons. The van der Waals surface area contributed by atoms with Crippen molar-refractivity contribution >= 4 is 17.0 Å². The highest BCUT2D eigenvalue weighted by Gasteiger charge is 2.09. The largest absolute Gasteiger partial charge is 0.361 e. The van der Waals surface area contributed by atoms with Gasteiger partial charge in [0.2, 0.25) is 0 Å². The highest BCUT2D eigenvalue weighted by Crippen LogP contribution is 2.15. The van der Waals surface area contributed by atoms with Crippen LogP contribution in [-0.2, 0) is 13.0 Å². The molecule has 3 rings (SSSR count). The molecule has 3 N–H and O–H groups in total. The molecule has 0 aliphatic rings. The summed E-state index contributed by atoms with van der Waals surface area (Å²) in [5, 5.41) is 11.7. The average Bonchev–Trinajstić information content (AvgIpc) is 3.15. The lowest BCUT2D eigenvalue weighted by Crippen LogP contribution is -2.38. The van der Waals surface area contributed by atoms with Gasteiger partial charge in [-0.2, -0.15) is 0 Å². The average molecular weight is 326 g/mol. The number of nitrogens with one attached hydrogen (secondary N) is 3. The minimum Gasteiger partial charge on any atom is -0.361 e. The van der Waals surface area contributed by atoms with Gasteiger partial charge in [-0.25, -0.2) is 4.98 Å². The van der Waals surface area contributed by atoms with Crippen molar-refractivity contribution in [3.8, 4) is 0 Å². The molecule has 24 heavy (non-hydrogen) atoms. The van der Waals surface area contributed by atoms with Crippen LogP contribution in [0.25, 0.3) is 11.0 Å². The van der Waals surface area contributed by atoms with Gasteiger partial charge in [0.1, 0.15) is 11.4 Å². The molecule has 7 heteroatoms. The maximum atomic E-state index is 5.17. The maximum Gasteiger partial charge on any atom is 0.191 e. The Kier molecular flexibility index (Phi) is 4.79. The first kappa shape index (κ1) is 16.0. The van der Waals surface area contributed by atoms with Crippen LogP contribution in [0.1, 0.15) is 22.6 Å². The normalized spacial score (nSPS) is 11.9. The van der Waals surface area contributed by atoms with Crippen LogP contribution in [-0.4, -0.2) is 34.7 Å². The zero-order valence-electron chi connectivity index (χ0n) is 14.2. The fourth-order valence-corrected chi connectivity index (χ4v) is 2.68. The Morgan fingerprint density at radius 2 is 2.21 bits per heavy atom. The first-order valence-corrected chi connectivity index (χ1v) is 7.96. The van der Waals surface area contributed by atoms with E-state index in [1.54, 1.807) is 13.2 Å². The monoisotopic (exact) mass is 326 g/mol. The first-order chi connectivity index (χ1) is 11.7. The number of aromatic nitrogens is 3. The number of aromatic amines is 1. The van der Waals surface area contributed by atoms with E-state index >= 15 is 0 Å². The van der Waals surface area contributed by atoms with Gasteiger partial charge in [0.25, 0.3) is 0 Å². The second kappa shape index (κ2) is 7.16. The number of pyridine rings is 1. The van der Waals surface area contributed by atoms with Crippen molar-refractivity contribution < 1.29 is 4.52 Å². The van der Waals surface area contributed by atoms with Crippen molar-refractivity contribution in [3.05, 3.63) is 47.1 Å². The molecule has 0 fully saturated rings. The Morgan fingerprint density at radius 1 is 1.33 bits per heavy atom. The number of aliphatic imine (C=N–C) groups is 1. The van der Waals surface area contributed by atoms with Crippen LogP contribution >= 0.6 is 0 Å². The van der Waals surface area contributed by atoms with Gasteiger partial charge in [-0.05, 0) is 38.0 Å². The Balaban J connectivity index is 1.53. The zero-order valence-corrected chi connectivity index (χ0v) is 14.2. The van der Waals surface area contributed by atoms with Crippen LogP contribution in [0.3, 0.4) is 0 Å². The van der Waals surface area contributed by atoms with Gasteiger partial charge < -0.3 is 20.1 Å². The molecule has 0 amide bonds. The molecule has 0 atom stereocenters. The molecule has 0 bridgehead atoms. The number of rotatable bonds is 5. The Morgan fingerprint density at radius 3 is 2.96 bits per heavy atom. The lowest BCUT2D eigenvalue weighted by Gasteiger charge is -2.11. The van der Waals surface area contributed by atoms with Crippen LogP contribution in [0.15, 0.2) is 34.0 Å². The Labute approximate surface area is 140 Å². The number of nitrogens with zero attached hydrogens (tertiary/aromatic N) is 3. The van der Waals surface area contributed by atoms with E-state index in [4.69, 9.17) is 4.52 Å². The second-order valence-corrected chi connectivity index (χ2v) is 5.62. The molecule has 126 valence electrons. The van der Waals surface area contributed by atoms with Gasteiger partial charge in [0.05, 0.1) is 5.69 Å². The van der Waals surface area contributed by atoms with Gasteiger partial charge >= 0.3 is 0 Å². The van der Waals surface area contributed by atoms with E-state index in [1.807, 2.05) is 26.1 Å². The molecule has 3 aromatic heterocycles. The molecule has 0 saturated carbocycles. The van der Waals surface area contributed by atoms with Crippen molar-refractivity contribution in [2.45, 2.75) is 26.8 Å². The molecule has 0 unspecified atom stereocenters. The van der Waals surface area contributed by atoms with Crippen molar-refractivity contribution in [2.24, 2.45) is 4.99 Å². The van der Waals surface area contributed by atoms with Gasteiger partial charge in [0.15, 0.2) is 5.96 Å². The summed E-state index contributed by atoms with van der Waals surface area (Å²) in [6.45, 7) is 5.27. The maximum absolute atomic E-state index is 5.17. The van der Waals surface area contributed by atoms with E-state index in [9.17, 15) is 0 Å². The van der Waals surface area contributed by atoms with Crippen LogP contribution in [0.2, 0.25) is 0 Å². The van der Waals surface area contributed by atoms with Gasteiger partial charge in [-0.15, -0.1) is 0 Å². The molecule has 7 nitrogen and oxygen atoms in total. The van der Waals surface area contributed by atoms with E-state index in [0.29, 0.717) is 6.54 Å². The summed E-state index contributed by atoms with van der Waals surface area (Å²) < 4.78 is 5.17. The van der Waals surface area contributed by atoms with Gasteiger partial charge in [-0.1, -0.05) is 5.16 Å². The Hall–Kier alpha value is -2.83. The van der Waals surface area contributed by atoms with E-state index in [-0.39, 0.29) is 0 Å². The van der Waals surface area contributed by atoms with Crippen molar-refractivity contribution in [1.29, 1.82) is 0 Å². The van der Waals surface area contributed by atoms with Crippen molar-refractivity contribution in [2.75, 3.05) is 13.6 Å². The lowest BCUT2D eigenvalue weighted by atomic mass is 10.1. The number of guanidine groups is 1. The zero-order chi connectivity index (χ0) is 16.9. The molecule has 0 saturated heterocycles. The van der Waals surface area contributed by atoms with Gasteiger partial charge in [0, 0.05) is 43.5 Å². The standard InChI is InChI=1S/C17H22N6O/c1-11-15(12(2)24-23-11)10-22-17(18-3)20-8-6-13-9-21-16-14(13)5-4-7-19-16/h4-5,7,9H,6,8,10H2,1-3H3,(H,19,21)(H2,18,20,22). The number of aryl methyl sites for hydroxylation is 2. The minimum atomic E-state index is 0.637. The fourth-order valence-electron chi connectivity index (χ4n) is 2.68. The van der Waals surface area contributed by atoms with Gasteiger partial charge in [-0.3, -0.25) is 4.99 Å². The highest BCUT2D eigenvalue weighted by molar-refractivity contribution is 5.81. The molecule has 0 aromatic carbocycles. The van der Waals surface area contributed by atoms with E-state index in [0.717, 1.165) is 47.0 Å². The summed E-state index contributed by atoms with van der Waals surface area (Å²) in [5.74, 6) is 1.59. The third kappa shape index (κ3) is 3.40. The number of hydrogen-bond donors (Lipinski definition) is 3. The molecule has 0 aliphatic heterocycles. The second-order valence-electron chi connectivity index (χ2n) is 5.62. The summed E-state index contributed by atoms with van der Waals surface area (Å²) >= 11 is 0. The van der Waals surface area contributed by atoms with Crippen LogP contribution in [0, 0.1) is 13.8 Å². The lowest BCUT2D eigenvalue weighted by molar-refractivity contribution is 0.392. The predicted octanol–water partition coefficient (Wildman–Crippen LogP) is 2.08. The number of H-pyrrole nitrogens is 1. The van der Waals surface area contributed by atoms with E-state index < -0.39 is 0 Å². The molecule has 3 aromatic rings. The predicted molar refractivity (Wildman–Crippen MR) is 94.0 cm³/mol. The van der Waals surface area contributed by atoms with Crippen LogP contribution in [0.5, 0.6) is 0 Å². The Bertz CT molecular complexity index is 828. The fraction of sp³-hybridized carbons (Fsp3) is 0.353. The number of fused-ring (bicyclic) bond motifs is 1. The highest BCUT2D eigenvalue weighted by atomic mass is 16.5. The third-order valence-electron chi connectivity index (χ3n) is 4.06. The smallest absolute Gasteiger partial charge is 0.191 e. The summed E-state index contributed by atoms with van der Waals surface area (Å²) in [5.41, 5.74) is 4.14. The summed E-state index contributed by atoms with van der Waals surface area (Å²) in [6.07, 6.45) is 4.69. The summed E-state index contributed by atoms with van der Waals surface area (Å²) in [4.78, 5) is 11.8. The van der Waals surface area contributed by atoms with Crippen molar-refractivity contribution in [1.82, 2.24) is 25.8 Å². The molecular formula is C17H22N6O. The first-order valence-electron chi connectivity index (χ1n) is 7.96. The SMILES string of the molecule is CN=C(NCCc1c[nH]c2ncccc12)NCc1c(C)noc1C. The minimum absolute atomic E-state index is 0.637. The van der Waals surface area contributed by atoms with E-state index in [1.165, 1.54) is 5.56 Å². The van der Waals surface area contributed by atoms with Crippen molar-refractivity contribution in [3.63, 3.8) is 0 Å². The quantitative estimate of drug-likeness (QED) is 0.493. The molecule has 0 spiro atoms. The third-order valence-corrected chi connectivity index (χ3v) is 4.06. The molecule has 0 aliphatic carbocycles. The van der Waals surface area contributed by atoms with Crippen LogP contribution in [0.4, 0.5) is 0 Å². The number of hydrogen-bond acceptors (Lipinski definition) is 4. The molecule has 3 heterocycles. The van der Waals surface area contributed by atoms with Crippen LogP contribution < -0.4 is 10.6 Å². The molecular weight excluding hydrogens is 304 g/mol.